The van der Waals surface area contributed by atoms with Crippen LogP contribution in [0.5, 0.6) is 5.75 Å². The van der Waals surface area contributed by atoms with E-state index in [0.717, 1.165) is 17.7 Å². The van der Waals surface area contributed by atoms with E-state index in [2.05, 4.69) is 6.07 Å². The molecular weight excluding hydrogens is 174 g/mol. The van der Waals surface area contributed by atoms with Crippen LogP contribution in [-0.2, 0) is 6.42 Å². The predicted octanol–water partition coefficient (Wildman–Crippen LogP) is 2.79. The van der Waals surface area contributed by atoms with Crippen LogP contribution < -0.4 is 4.74 Å². The fourth-order valence-electron chi connectivity index (χ4n) is 1.33. The van der Waals surface area contributed by atoms with Crippen LogP contribution in [0.3, 0.4) is 0 Å². The lowest BCUT2D eigenvalue weighted by Crippen LogP contribution is -2.11. The monoisotopic (exact) mass is 189 g/mol. The van der Waals surface area contributed by atoms with Crippen LogP contribution in [0.25, 0.3) is 0 Å². The third-order valence-corrected chi connectivity index (χ3v) is 2.08. The minimum atomic E-state index is -0.313. The highest BCUT2D eigenvalue weighted by molar-refractivity contribution is 5.29. The highest BCUT2D eigenvalue weighted by Gasteiger charge is 2.17. The van der Waals surface area contributed by atoms with Gasteiger partial charge < -0.3 is 4.74 Å². The second kappa shape index (κ2) is 4.15. The lowest BCUT2D eigenvalue weighted by Gasteiger charge is -2.15. The first-order valence-corrected chi connectivity index (χ1v) is 4.61. The van der Waals surface area contributed by atoms with Gasteiger partial charge in [-0.05, 0) is 38.0 Å². The van der Waals surface area contributed by atoms with Gasteiger partial charge in [0.05, 0.1) is 18.6 Å². The third-order valence-electron chi connectivity index (χ3n) is 2.08. The van der Waals surface area contributed by atoms with E-state index in [1.807, 2.05) is 38.1 Å². The Hall–Kier alpha value is -1.49. The molecule has 0 aliphatic carbocycles. The Morgan fingerprint density at radius 2 is 2.14 bits per heavy atom. The maximum Gasteiger partial charge on any atom is 0.119 e. The van der Waals surface area contributed by atoms with Crippen molar-refractivity contribution in [3.63, 3.8) is 0 Å². The normalized spacial score (nSPS) is 10.7. The second-order valence-electron chi connectivity index (χ2n) is 4.02. The van der Waals surface area contributed by atoms with Crippen LogP contribution in [0.1, 0.15) is 19.4 Å². The molecule has 1 aromatic rings. The van der Waals surface area contributed by atoms with E-state index in [1.54, 1.807) is 7.11 Å². The molecule has 14 heavy (non-hydrogen) atoms. The summed E-state index contributed by atoms with van der Waals surface area (Å²) in [5, 5.41) is 8.90. The number of rotatable bonds is 3. The van der Waals surface area contributed by atoms with Crippen LogP contribution in [0, 0.1) is 16.7 Å². The van der Waals surface area contributed by atoms with Crippen molar-refractivity contribution in [1.29, 1.82) is 5.26 Å². The van der Waals surface area contributed by atoms with Gasteiger partial charge in [0.1, 0.15) is 5.75 Å². The number of nitriles is 1. The molecule has 2 heteroatoms. The van der Waals surface area contributed by atoms with Gasteiger partial charge in [0.15, 0.2) is 0 Å². The van der Waals surface area contributed by atoms with Gasteiger partial charge in [-0.15, -0.1) is 0 Å². The smallest absolute Gasteiger partial charge is 0.119 e. The van der Waals surface area contributed by atoms with E-state index in [-0.39, 0.29) is 5.41 Å². The quantitative estimate of drug-likeness (QED) is 0.732. The molecule has 2 nitrogen and oxygen atoms in total. The number of methoxy groups -OCH3 is 1. The average Bonchev–Trinajstić information content (AvgIpc) is 2.17. The first-order chi connectivity index (χ1) is 6.57. The van der Waals surface area contributed by atoms with Crippen molar-refractivity contribution in [2.75, 3.05) is 7.11 Å². The van der Waals surface area contributed by atoms with E-state index in [4.69, 9.17) is 10.00 Å². The van der Waals surface area contributed by atoms with E-state index in [9.17, 15) is 0 Å². The van der Waals surface area contributed by atoms with Gasteiger partial charge in [0, 0.05) is 0 Å². The Morgan fingerprint density at radius 1 is 1.43 bits per heavy atom. The Morgan fingerprint density at radius 3 is 2.71 bits per heavy atom. The van der Waals surface area contributed by atoms with Crippen molar-refractivity contribution < 1.29 is 4.74 Å². The predicted molar refractivity (Wildman–Crippen MR) is 56.1 cm³/mol. The van der Waals surface area contributed by atoms with E-state index < -0.39 is 0 Å². The molecule has 74 valence electrons. The van der Waals surface area contributed by atoms with Crippen molar-refractivity contribution in [3.05, 3.63) is 29.8 Å². The molecule has 0 fully saturated rings. The summed E-state index contributed by atoms with van der Waals surface area (Å²) in [6.45, 7) is 3.87. The molecule has 0 aromatic heterocycles. The van der Waals surface area contributed by atoms with Crippen LogP contribution in [0.4, 0.5) is 0 Å². The molecule has 0 atom stereocenters. The molecule has 0 bridgehead atoms. The second-order valence-corrected chi connectivity index (χ2v) is 4.02. The minimum absolute atomic E-state index is 0.313. The lowest BCUT2D eigenvalue weighted by atomic mass is 9.87. The first-order valence-electron chi connectivity index (χ1n) is 4.61. The Bertz CT molecular complexity index is 350. The standard InChI is InChI=1S/C12H15NO/c1-12(2,9-13)8-10-5-4-6-11(7-10)14-3/h4-7H,8H2,1-3H3. The molecule has 0 saturated heterocycles. The summed E-state index contributed by atoms with van der Waals surface area (Å²) < 4.78 is 5.12. The fourth-order valence-corrected chi connectivity index (χ4v) is 1.33. The van der Waals surface area contributed by atoms with Crippen molar-refractivity contribution in [2.24, 2.45) is 5.41 Å². The Kier molecular flexibility index (Phi) is 3.14. The average molecular weight is 189 g/mol. The van der Waals surface area contributed by atoms with Gasteiger partial charge in [0.2, 0.25) is 0 Å². The number of hydrogen-bond acceptors (Lipinski definition) is 2. The molecule has 0 aliphatic heterocycles. The Balaban J connectivity index is 2.83. The number of benzene rings is 1. The molecular formula is C12H15NO. The molecule has 0 aliphatic rings. The number of ether oxygens (including phenoxy) is 1. The van der Waals surface area contributed by atoms with Gasteiger partial charge in [-0.3, -0.25) is 0 Å². The molecule has 0 radical (unpaired) electrons. The minimum Gasteiger partial charge on any atom is -0.497 e. The summed E-state index contributed by atoms with van der Waals surface area (Å²) in [6.07, 6.45) is 0.751. The van der Waals surface area contributed by atoms with Crippen LogP contribution >= 0.6 is 0 Å². The molecule has 1 aromatic carbocycles. The summed E-state index contributed by atoms with van der Waals surface area (Å²) in [5.41, 5.74) is 0.822. The van der Waals surface area contributed by atoms with Crippen LogP contribution in [0.15, 0.2) is 24.3 Å². The number of nitrogens with zero attached hydrogens (tertiary/aromatic N) is 1. The molecule has 0 amide bonds. The topological polar surface area (TPSA) is 33.0 Å². The van der Waals surface area contributed by atoms with E-state index in [0.29, 0.717) is 0 Å². The zero-order chi connectivity index (χ0) is 10.6. The largest absolute Gasteiger partial charge is 0.497 e. The molecule has 0 heterocycles. The zero-order valence-electron chi connectivity index (χ0n) is 8.87. The van der Waals surface area contributed by atoms with Crippen molar-refractivity contribution in [3.8, 4) is 11.8 Å². The zero-order valence-corrected chi connectivity index (χ0v) is 8.87. The van der Waals surface area contributed by atoms with Gasteiger partial charge in [-0.2, -0.15) is 5.26 Å². The van der Waals surface area contributed by atoms with Gasteiger partial charge in [-0.25, -0.2) is 0 Å². The van der Waals surface area contributed by atoms with Crippen molar-refractivity contribution in [2.45, 2.75) is 20.3 Å². The molecule has 0 spiro atoms. The summed E-state index contributed by atoms with van der Waals surface area (Å²) in [7, 11) is 1.65. The SMILES string of the molecule is COc1cccc(CC(C)(C)C#N)c1. The number of hydrogen-bond donors (Lipinski definition) is 0. The summed E-state index contributed by atoms with van der Waals surface area (Å²) in [6, 6.07) is 10.1. The van der Waals surface area contributed by atoms with Gasteiger partial charge in [-0.1, -0.05) is 12.1 Å². The van der Waals surface area contributed by atoms with Crippen molar-refractivity contribution in [1.82, 2.24) is 0 Å². The van der Waals surface area contributed by atoms with Crippen LogP contribution in [0.2, 0.25) is 0 Å². The van der Waals surface area contributed by atoms with Gasteiger partial charge >= 0.3 is 0 Å². The lowest BCUT2D eigenvalue weighted by molar-refractivity contribution is 0.413. The summed E-state index contributed by atoms with van der Waals surface area (Å²) in [5.74, 6) is 0.844. The maximum absolute atomic E-state index is 8.90. The van der Waals surface area contributed by atoms with E-state index in [1.165, 1.54) is 0 Å². The molecule has 1 rings (SSSR count). The van der Waals surface area contributed by atoms with Crippen molar-refractivity contribution >= 4 is 0 Å². The van der Waals surface area contributed by atoms with E-state index >= 15 is 0 Å². The summed E-state index contributed by atoms with van der Waals surface area (Å²) >= 11 is 0. The maximum atomic E-state index is 8.90. The third kappa shape index (κ3) is 2.77. The first kappa shape index (κ1) is 10.6. The molecule has 0 N–H and O–H groups in total. The Labute approximate surface area is 85.1 Å². The fraction of sp³-hybridized carbons (Fsp3) is 0.417. The summed E-state index contributed by atoms with van der Waals surface area (Å²) in [4.78, 5) is 0. The molecule has 0 unspecified atom stereocenters. The van der Waals surface area contributed by atoms with Crippen LogP contribution in [-0.4, -0.2) is 7.11 Å². The molecule has 0 saturated carbocycles. The highest BCUT2D eigenvalue weighted by Crippen LogP contribution is 2.22. The van der Waals surface area contributed by atoms with Gasteiger partial charge in [0.25, 0.3) is 0 Å². The highest BCUT2D eigenvalue weighted by atomic mass is 16.5.